The van der Waals surface area contributed by atoms with Crippen LogP contribution in [0, 0.1) is 0 Å². The highest BCUT2D eigenvalue weighted by molar-refractivity contribution is 6.31. The van der Waals surface area contributed by atoms with Crippen molar-refractivity contribution in [2.24, 2.45) is 0 Å². The number of hydrogen-bond acceptors (Lipinski definition) is 4. The largest absolute Gasteiger partial charge is 0.392 e. The molecule has 13 heavy (non-hydrogen) atoms. The summed E-state index contributed by atoms with van der Waals surface area (Å²) in [5, 5.41) is 9.49. The van der Waals surface area contributed by atoms with E-state index in [1.165, 1.54) is 6.20 Å². The molecule has 4 nitrogen and oxygen atoms in total. The maximum atomic E-state index is 9.14. The standard InChI is InChI=1S/C8H12ClN3O/c1-6(13)5-12(2)8-7(9)10-3-4-11-8/h3-4,6,13H,5H2,1-2H3. The van der Waals surface area contributed by atoms with Crippen LogP contribution in [-0.2, 0) is 0 Å². The Bertz CT molecular complexity index is 280. The normalized spacial score (nSPS) is 12.6. The molecule has 0 aliphatic heterocycles. The highest BCUT2D eigenvalue weighted by atomic mass is 35.5. The predicted molar refractivity (Wildman–Crippen MR) is 52.0 cm³/mol. The van der Waals surface area contributed by atoms with Crippen LogP contribution in [0.25, 0.3) is 0 Å². The Kier molecular flexibility index (Phi) is 3.45. The van der Waals surface area contributed by atoms with Crippen LogP contribution in [0.5, 0.6) is 0 Å². The zero-order valence-corrected chi connectivity index (χ0v) is 8.36. The van der Waals surface area contributed by atoms with Crippen molar-refractivity contribution in [3.8, 4) is 0 Å². The van der Waals surface area contributed by atoms with Crippen molar-refractivity contribution in [3.05, 3.63) is 17.5 Å². The fourth-order valence-electron chi connectivity index (χ4n) is 1.05. The molecule has 0 aliphatic rings. The van der Waals surface area contributed by atoms with Crippen molar-refractivity contribution in [2.75, 3.05) is 18.5 Å². The van der Waals surface area contributed by atoms with E-state index in [0.29, 0.717) is 17.5 Å². The third kappa shape index (κ3) is 2.82. The van der Waals surface area contributed by atoms with Gasteiger partial charge in [-0.25, -0.2) is 9.97 Å². The third-order valence-corrected chi connectivity index (χ3v) is 1.80. The molecular weight excluding hydrogens is 190 g/mol. The predicted octanol–water partition coefficient (Wildman–Crippen LogP) is 0.947. The number of aliphatic hydroxyl groups excluding tert-OH is 1. The fourth-order valence-corrected chi connectivity index (χ4v) is 1.30. The minimum absolute atomic E-state index is 0.352. The SMILES string of the molecule is CC(O)CN(C)c1nccnc1Cl. The molecule has 1 heterocycles. The molecule has 0 spiro atoms. The van der Waals surface area contributed by atoms with Crippen LogP contribution in [0.2, 0.25) is 5.15 Å². The first-order chi connectivity index (χ1) is 6.11. The highest BCUT2D eigenvalue weighted by Crippen LogP contribution is 2.17. The van der Waals surface area contributed by atoms with Gasteiger partial charge in [0.1, 0.15) is 0 Å². The lowest BCUT2D eigenvalue weighted by atomic mass is 10.4. The van der Waals surface area contributed by atoms with E-state index >= 15 is 0 Å². The number of rotatable bonds is 3. The summed E-state index contributed by atoms with van der Waals surface area (Å²) in [7, 11) is 1.81. The lowest BCUT2D eigenvalue weighted by Gasteiger charge is -2.19. The minimum atomic E-state index is -0.414. The first kappa shape index (κ1) is 10.2. The molecule has 0 aliphatic carbocycles. The average molecular weight is 202 g/mol. The number of halogens is 1. The van der Waals surface area contributed by atoms with Crippen molar-refractivity contribution >= 4 is 17.4 Å². The molecule has 1 aromatic rings. The van der Waals surface area contributed by atoms with Gasteiger partial charge >= 0.3 is 0 Å². The Morgan fingerprint density at radius 2 is 2.15 bits per heavy atom. The number of aromatic nitrogens is 2. The molecule has 0 saturated heterocycles. The van der Waals surface area contributed by atoms with Gasteiger partial charge in [-0.05, 0) is 6.92 Å². The maximum Gasteiger partial charge on any atom is 0.171 e. The molecule has 0 saturated carbocycles. The molecule has 5 heteroatoms. The van der Waals surface area contributed by atoms with Crippen molar-refractivity contribution in [2.45, 2.75) is 13.0 Å². The second-order valence-electron chi connectivity index (χ2n) is 2.90. The summed E-state index contributed by atoms with van der Waals surface area (Å²) in [5.74, 6) is 0.588. The van der Waals surface area contributed by atoms with E-state index in [1.54, 1.807) is 18.0 Å². The summed E-state index contributed by atoms with van der Waals surface area (Å²) >= 11 is 5.81. The zero-order valence-electron chi connectivity index (χ0n) is 7.61. The molecule has 1 unspecified atom stereocenters. The Labute approximate surface area is 82.2 Å². The number of likely N-dealkylation sites (N-methyl/N-ethyl adjacent to an activating group) is 1. The van der Waals surface area contributed by atoms with Crippen LogP contribution in [0.15, 0.2) is 12.4 Å². The Hall–Kier alpha value is -0.870. The Balaban J connectivity index is 2.76. The van der Waals surface area contributed by atoms with E-state index in [-0.39, 0.29) is 0 Å². The van der Waals surface area contributed by atoms with E-state index in [0.717, 1.165) is 0 Å². The minimum Gasteiger partial charge on any atom is -0.392 e. The average Bonchev–Trinajstić information content (AvgIpc) is 2.03. The van der Waals surface area contributed by atoms with Crippen molar-refractivity contribution < 1.29 is 5.11 Å². The van der Waals surface area contributed by atoms with Gasteiger partial charge < -0.3 is 10.0 Å². The van der Waals surface area contributed by atoms with Gasteiger partial charge in [0, 0.05) is 26.0 Å². The van der Waals surface area contributed by atoms with Crippen LogP contribution < -0.4 is 4.90 Å². The molecule has 72 valence electrons. The highest BCUT2D eigenvalue weighted by Gasteiger charge is 2.09. The summed E-state index contributed by atoms with van der Waals surface area (Å²) in [6, 6.07) is 0. The van der Waals surface area contributed by atoms with E-state index in [1.807, 2.05) is 7.05 Å². The van der Waals surface area contributed by atoms with Crippen molar-refractivity contribution in [1.29, 1.82) is 0 Å². The van der Waals surface area contributed by atoms with E-state index in [4.69, 9.17) is 16.7 Å². The van der Waals surface area contributed by atoms with Gasteiger partial charge in [0.25, 0.3) is 0 Å². The number of hydrogen-bond donors (Lipinski definition) is 1. The molecule has 0 radical (unpaired) electrons. The molecule has 1 N–H and O–H groups in total. The fraction of sp³-hybridized carbons (Fsp3) is 0.500. The van der Waals surface area contributed by atoms with E-state index in [2.05, 4.69) is 9.97 Å². The van der Waals surface area contributed by atoms with Gasteiger partial charge in [-0.1, -0.05) is 11.6 Å². The van der Waals surface area contributed by atoms with Gasteiger partial charge in [-0.3, -0.25) is 0 Å². The topological polar surface area (TPSA) is 49.2 Å². The van der Waals surface area contributed by atoms with Crippen LogP contribution in [-0.4, -0.2) is 34.8 Å². The van der Waals surface area contributed by atoms with E-state index in [9.17, 15) is 0 Å². The summed E-state index contributed by atoms with van der Waals surface area (Å²) in [5.41, 5.74) is 0. The molecule has 1 aromatic heterocycles. The molecule has 0 amide bonds. The van der Waals surface area contributed by atoms with Crippen molar-refractivity contribution in [3.63, 3.8) is 0 Å². The lowest BCUT2D eigenvalue weighted by Crippen LogP contribution is -2.27. The molecule has 0 fully saturated rings. The zero-order chi connectivity index (χ0) is 9.84. The maximum absolute atomic E-state index is 9.14. The molecule has 0 bridgehead atoms. The molecule has 1 atom stereocenters. The summed E-state index contributed by atoms with van der Waals surface area (Å²) < 4.78 is 0. The van der Waals surface area contributed by atoms with Gasteiger partial charge in [0.05, 0.1) is 6.10 Å². The van der Waals surface area contributed by atoms with Crippen LogP contribution >= 0.6 is 11.6 Å². The number of aliphatic hydroxyl groups is 1. The van der Waals surface area contributed by atoms with Crippen LogP contribution in [0.1, 0.15) is 6.92 Å². The molecule has 1 rings (SSSR count). The van der Waals surface area contributed by atoms with Gasteiger partial charge in [-0.2, -0.15) is 0 Å². The Morgan fingerprint density at radius 1 is 1.54 bits per heavy atom. The van der Waals surface area contributed by atoms with Crippen molar-refractivity contribution in [1.82, 2.24) is 9.97 Å². The van der Waals surface area contributed by atoms with Crippen LogP contribution in [0.3, 0.4) is 0 Å². The van der Waals surface area contributed by atoms with Gasteiger partial charge in [0.2, 0.25) is 0 Å². The summed E-state index contributed by atoms with van der Waals surface area (Å²) in [6.45, 7) is 2.19. The Morgan fingerprint density at radius 3 is 2.69 bits per heavy atom. The first-order valence-electron chi connectivity index (χ1n) is 3.97. The van der Waals surface area contributed by atoms with Crippen LogP contribution in [0.4, 0.5) is 5.82 Å². The number of nitrogens with zero attached hydrogens (tertiary/aromatic N) is 3. The number of anilines is 1. The second-order valence-corrected chi connectivity index (χ2v) is 3.26. The summed E-state index contributed by atoms with van der Waals surface area (Å²) in [6.07, 6.45) is 2.69. The lowest BCUT2D eigenvalue weighted by molar-refractivity contribution is 0.201. The first-order valence-corrected chi connectivity index (χ1v) is 4.34. The molecular formula is C8H12ClN3O. The smallest absolute Gasteiger partial charge is 0.171 e. The third-order valence-electron chi connectivity index (χ3n) is 1.54. The quantitative estimate of drug-likeness (QED) is 0.791. The summed E-state index contributed by atoms with van der Waals surface area (Å²) in [4.78, 5) is 9.70. The van der Waals surface area contributed by atoms with Gasteiger partial charge in [0.15, 0.2) is 11.0 Å². The monoisotopic (exact) mass is 201 g/mol. The van der Waals surface area contributed by atoms with Gasteiger partial charge in [-0.15, -0.1) is 0 Å². The van der Waals surface area contributed by atoms with E-state index < -0.39 is 6.10 Å². The molecule has 0 aromatic carbocycles. The second kappa shape index (κ2) is 4.39.